The van der Waals surface area contributed by atoms with Crippen LogP contribution in [-0.2, 0) is 22.4 Å². The van der Waals surface area contributed by atoms with Gasteiger partial charge in [0, 0.05) is 6.04 Å². The molecule has 30 heavy (non-hydrogen) atoms. The molecular formula is C26H27NO3. The van der Waals surface area contributed by atoms with Crippen molar-refractivity contribution in [2.45, 2.75) is 32.2 Å². The Bertz CT molecular complexity index is 954. The zero-order valence-corrected chi connectivity index (χ0v) is 17.2. The van der Waals surface area contributed by atoms with Gasteiger partial charge >= 0.3 is 5.97 Å². The average Bonchev–Trinajstić information content (AvgIpc) is 2.78. The van der Waals surface area contributed by atoms with Gasteiger partial charge in [-0.1, -0.05) is 78.9 Å². The molecule has 4 nitrogen and oxygen atoms in total. The smallest absolute Gasteiger partial charge is 0.338 e. The number of esters is 1. The molecule has 154 valence electrons. The number of hydrogen-bond donors (Lipinski definition) is 1. The van der Waals surface area contributed by atoms with Crippen LogP contribution in [0.1, 0.15) is 40.4 Å². The molecule has 0 saturated heterocycles. The van der Waals surface area contributed by atoms with Crippen LogP contribution in [0.3, 0.4) is 0 Å². The maximum absolute atomic E-state index is 12.6. The number of nitrogens with one attached hydrogen (secondary N) is 1. The lowest BCUT2D eigenvalue weighted by atomic mass is 10.00. The summed E-state index contributed by atoms with van der Waals surface area (Å²) in [6.45, 7) is 1.67. The van der Waals surface area contributed by atoms with Crippen LogP contribution in [0.5, 0.6) is 0 Å². The zero-order valence-electron chi connectivity index (χ0n) is 17.2. The third-order valence-corrected chi connectivity index (χ3v) is 4.93. The van der Waals surface area contributed by atoms with Crippen LogP contribution in [0.15, 0.2) is 84.9 Å². The molecule has 0 aliphatic rings. The largest absolute Gasteiger partial charge is 0.452 e. The highest BCUT2D eigenvalue weighted by atomic mass is 16.5. The lowest BCUT2D eigenvalue weighted by Gasteiger charge is -2.14. The van der Waals surface area contributed by atoms with Gasteiger partial charge in [0.05, 0.1) is 5.56 Å². The molecule has 3 rings (SSSR count). The summed E-state index contributed by atoms with van der Waals surface area (Å²) < 4.78 is 5.28. The summed E-state index contributed by atoms with van der Waals surface area (Å²) in [5, 5.41) is 2.90. The molecule has 4 heteroatoms. The monoisotopic (exact) mass is 401 g/mol. The fourth-order valence-electron chi connectivity index (χ4n) is 3.31. The van der Waals surface area contributed by atoms with Crippen molar-refractivity contribution in [3.63, 3.8) is 0 Å². The van der Waals surface area contributed by atoms with Crippen LogP contribution in [0, 0.1) is 0 Å². The van der Waals surface area contributed by atoms with Crippen molar-refractivity contribution in [2.24, 2.45) is 0 Å². The summed E-state index contributed by atoms with van der Waals surface area (Å²) >= 11 is 0. The number of amides is 1. The molecule has 0 spiro atoms. The van der Waals surface area contributed by atoms with Crippen molar-refractivity contribution in [1.29, 1.82) is 0 Å². The molecule has 0 saturated carbocycles. The number of rotatable bonds is 9. The van der Waals surface area contributed by atoms with E-state index in [2.05, 4.69) is 17.4 Å². The van der Waals surface area contributed by atoms with E-state index in [0.29, 0.717) is 12.0 Å². The molecule has 0 aliphatic carbocycles. The topological polar surface area (TPSA) is 55.4 Å². The minimum absolute atomic E-state index is 0.00164. The Labute approximate surface area is 177 Å². The molecule has 0 aliphatic heterocycles. The fourth-order valence-corrected chi connectivity index (χ4v) is 3.31. The summed E-state index contributed by atoms with van der Waals surface area (Å²) in [5.74, 6) is -0.766. The third kappa shape index (κ3) is 6.59. The van der Waals surface area contributed by atoms with Gasteiger partial charge in [0.1, 0.15) is 0 Å². The number of carbonyl (C=O) groups is 2. The SMILES string of the molecule is C[C@H](CCc1ccccc1)NC(=O)COC(=O)c1ccccc1Cc1ccccc1. The van der Waals surface area contributed by atoms with Gasteiger partial charge in [-0.25, -0.2) is 4.79 Å². The molecule has 0 fully saturated rings. The van der Waals surface area contributed by atoms with E-state index in [9.17, 15) is 9.59 Å². The fraction of sp³-hybridized carbons (Fsp3) is 0.231. The second-order valence-corrected chi connectivity index (χ2v) is 7.39. The van der Waals surface area contributed by atoms with Crippen LogP contribution in [0.2, 0.25) is 0 Å². The predicted molar refractivity (Wildman–Crippen MR) is 118 cm³/mol. The van der Waals surface area contributed by atoms with Crippen LogP contribution in [-0.4, -0.2) is 24.5 Å². The summed E-state index contributed by atoms with van der Waals surface area (Å²) in [4.78, 5) is 24.7. The van der Waals surface area contributed by atoms with E-state index in [1.54, 1.807) is 12.1 Å². The Morgan fingerprint density at radius 1 is 0.833 bits per heavy atom. The third-order valence-electron chi connectivity index (χ3n) is 4.93. The summed E-state index contributed by atoms with van der Waals surface area (Å²) in [5.41, 5.74) is 3.72. The van der Waals surface area contributed by atoms with Gasteiger partial charge in [0.15, 0.2) is 6.61 Å². The minimum atomic E-state index is -0.478. The van der Waals surface area contributed by atoms with Gasteiger partial charge in [0.25, 0.3) is 5.91 Å². The summed E-state index contributed by atoms with van der Waals surface area (Å²) in [6, 6.07) is 27.4. The maximum atomic E-state index is 12.6. The highest BCUT2D eigenvalue weighted by molar-refractivity contribution is 5.92. The molecule has 1 atom stereocenters. The van der Waals surface area contributed by atoms with Crippen molar-refractivity contribution in [3.05, 3.63) is 107 Å². The van der Waals surface area contributed by atoms with E-state index < -0.39 is 5.97 Å². The number of aryl methyl sites for hydroxylation is 1. The molecule has 0 unspecified atom stereocenters. The van der Waals surface area contributed by atoms with Crippen LogP contribution in [0.25, 0.3) is 0 Å². The average molecular weight is 402 g/mol. The normalized spacial score (nSPS) is 11.5. The highest BCUT2D eigenvalue weighted by Gasteiger charge is 2.15. The van der Waals surface area contributed by atoms with E-state index in [1.165, 1.54) is 5.56 Å². The van der Waals surface area contributed by atoms with Gasteiger partial charge in [-0.3, -0.25) is 4.79 Å². The summed E-state index contributed by atoms with van der Waals surface area (Å²) in [7, 11) is 0. The molecule has 0 heterocycles. The van der Waals surface area contributed by atoms with Gasteiger partial charge in [-0.15, -0.1) is 0 Å². The van der Waals surface area contributed by atoms with Crippen molar-refractivity contribution in [1.82, 2.24) is 5.32 Å². The van der Waals surface area contributed by atoms with Crippen LogP contribution < -0.4 is 5.32 Å². The van der Waals surface area contributed by atoms with E-state index in [4.69, 9.17) is 4.74 Å². The molecule has 0 bridgehead atoms. The van der Waals surface area contributed by atoms with E-state index in [1.807, 2.05) is 67.6 Å². The van der Waals surface area contributed by atoms with Gasteiger partial charge in [-0.05, 0) is 48.9 Å². The molecule has 3 aromatic rings. The molecule has 1 N–H and O–H groups in total. The zero-order chi connectivity index (χ0) is 21.2. The number of carbonyl (C=O) groups excluding carboxylic acids is 2. The first-order chi connectivity index (χ1) is 14.6. The first kappa shape index (κ1) is 21.3. The maximum Gasteiger partial charge on any atom is 0.338 e. The molecule has 0 aromatic heterocycles. The Morgan fingerprint density at radius 2 is 1.43 bits per heavy atom. The lowest BCUT2D eigenvalue weighted by molar-refractivity contribution is -0.124. The molecule has 0 radical (unpaired) electrons. The molecule has 3 aromatic carbocycles. The highest BCUT2D eigenvalue weighted by Crippen LogP contribution is 2.15. The first-order valence-corrected chi connectivity index (χ1v) is 10.2. The molecular weight excluding hydrogens is 374 g/mol. The Hall–Kier alpha value is -3.40. The molecule has 1 amide bonds. The van der Waals surface area contributed by atoms with Crippen LogP contribution >= 0.6 is 0 Å². The minimum Gasteiger partial charge on any atom is -0.452 e. The number of hydrogen-bond acceptors (Lipinski definition) is 3. The van der Waals surface area contributed by atoms with E-state index >= 15 is 0 Å². The first-order valence-electron chi connectivity index (χ1n) is 10.2. The van der Waals surface area contributed by atoms with Crippen molar-refractivity contribution < 1.29 is 14.3 Å². The summed E-state index contributed by atoms with van der Waals surface area (Å²) in [6.07, 6.45) is 2.34. The van der Waals surface area contributed by atoms with Gasteiger partial charge in [0.2, 0.25) is 0 Å². The predicted octanol–water partition coefficient (Wildman–Crippen LogP) is 4.57. The standard InChI is InChI=1S/C26H27NO3/c1-20(16-17-21-10-4-2-5-11-21)27-25(28)19-30-26(29)24-15-9-8-14-23(24)18-22-12-6-3-7-13-22/h2-15,20H,16-19H2,1H3,(H,27,28)/t20-/m1/s1. The van der Waals surface area contributed by atoms with Crippen LogP contribution in [0.4, 0.5) is 0 Å². The van der Waals surface area contributed by atoms with E-state index in [-0.39, 0.29) is 18.6 Å². The van der Waals surface area contributed by atoms with Crippen molar-refractivity contribution >= 4 is 11.9 Å². The quantitative estimate of drug-likeness (QED) is 0.534. The lowest BCUT2D eigenvalue weighted by Crippen LogP contribution is -2.36. The second kappa shape index (κ2) is 11.0. The number of ether oxygens (including phenoxy) is 1. The van der Waals surface area contributed by atoms with Crippen molar-refractivity contribution in [2.75, 3.05) is 6.61 Å². The van der Waals surface area contributed by atoms with Gasteiger partial charge in [-0.2, -0.15) is 0 Å². The number of benzene rings is 3. The Balaban J connectivity index is 1.48. The van der Waals surface area contributed by atoms with E-state index in [0.717, 1.165) is 24.0 Å². The Morgan fingerprint density at radius 3 is 2.13 bits per heavy atom. The second-order valence-electron chi connectivity index (χ2n) is 7.39. The Kier molecular flexibility index (Phi) is 7.78. The van der Waals surface area contributed by atoms with Gasteiger partial charge < -0.3 is 10.1 Å². The van der Waals surface area contributed by atoms with Crippen molar-refractivity contribution in [3.8, 4) is 0 Å².